The lowest BCUT2D eigenvalue weighted by atomic mass is 9.96. The van der Waals surface area contributed by atoms with Crippen LogP contribution in [0, 0.1) is 5.41 Å². The number of carbonyl (C=O) groups excluding carboxylic acids is 1. The van der Waals surface area contributed by atoms with Crippen molar-refractivity contribution in [3.63, 3.8) is 0 Å². The number of allylic oxidation sites excluding steroid dienone is 2. The van der Waals surface area contributed by atoms with Crippen LogP contribution in [0.4, 0.5) is 0 Å². The van der Waals surface area contributed by atoms with E-state index in [1.54, 1.807) is 0 Å². The van der Waals surface area contributed by atoms with Crippen molar-refractivity contribution in [2.24, 2.45) is 5.41 Å². The van der Waals surface area contributed by atoms with Crippen molar-refractivity contribution in [1.82, 2.24) is 0 Å². The minimum atomic E-state index is -0.110. The van der Waals surface area contributed by atoms with Crippen LogP contribution < -0.4 is 0 Å². The molecule has 0 saturated heterocycles. The van der Waals surface area contributed by atoms with Gasteiger partial charge in [0.15, 0.2) is 0 Å². The van der Waals surface area contributed by atoms with E-state index in [2.05, 4.69) is 26.8 Å². The van der Waals surface area contributed by atoms with Gasteiger partial charge in [-0.05, 0) is 18.8 Å². The van der Waals surface area contributed by atoms with Crippen molar-refractivity contribution < 1.29 is 9.53 Å². The van der Waals surface area contributed by atoms with Gasteiger partial charge in [0.2, 0.25) is 0 Å². The van der Waals surface area contributed by atoms with Gasteiger partial charge in [-0.25, -0.2) is 0 Å². The molecule has 0 rings (SSSR count). The first-order valence-corrected chi connectivity index (χ1v) is 4.79. The van der Waals surface area contributed by atoms with Crippen LogP contribution in [0.5, 0.6) is 0 Å². The van der Waals surface area contributed by atoms with E-state index >= 15 is 0 Å². The molecule has 0 aromatic rings. The first-order valence-electron chi connectivity index (χ1n) is 4.79. The summed E-state index contributed by atoms with van der Waals surface area (Å²) in [5.41, 5.74) is 0.203. The maximum Gasteiger partial charge on any atom is 0.306 e. The summed E-state index contributed by atoms with van der Waals surface area (Å²) in [6, 6.07) is 0. The zero-order chi connectivity index (χ0) is 10.3. The fraction of sp³-hybridized carbons (Fsp3) is 0.727. The Morgan fingerprint density at radius 1 is 1.38 bits per heavy atom. The molecule has 0 fully saturated rings. The van der Waals surface area contributed by atoms with Crippen molar-refractivity contribution in [1.29, 1.82) is 0 Å². The Bertz CT molecular complexity index is 175. The van der Waals surface area contributed by atoms with Gasteiger partial charge in [-0.2, -0.15) is 0 Å². The molecule has 0 amide bonds. The maximum atomic E-state index is 10.9. The molecule has 0 aliphatic heterocycles. The lowest BCUT2D eigenvalue weighted by Gasteiger charge is -2.10. The molecule has 0 aliphatic rings. The minimum Gasteiger partial charge on any atom is -0.466 e. The Balaban J connectivity index is 3.56. The average molecular weight is 184 g/mol. The maximum absolute atomic E-state index is 10.9. The lowest BCUT2D eigenvalue weighted by molar-refractivity contribution is -0.143. The van der Waals surface area contributed by atoms with Crippen molar-refractivity contribution in [3.05, 3.63) is 12.2 Å². The van der Waals surface area contributed by atoms with Crippen LogP contribution in [0.15, 0.2) is 12.2 Å². The summed E-state index contributed by atoms with van der Waals surface area (Å²) in [4.78, 5) is 10.9. The first-order chi connectivity index (χ1) is 5.95. The quantitative estimate of drug-likeness (QED) is 0.496. The number of esters is 1. The molecule has 13 heavy (non-hydrogen) atoms. The summed E-state index contributed by atoms with van der Waals surface area (Å²) in [5.74, 6) is -0.110. The predicted molar refractivity (Wildman–Crippen MR) is 54.5 cm³/mol. The summed E-state index contributed by atoms with van der Waals surface area (Å²) in [6.45, 7) is 8.69. The van der Waals surface area contributed by atoms with E-state index in [0.29, 0.717) is 13.0 Å². The highest BCUT2D eigenvalue weighted by atomic mass is 16.5. The molecule has 2 heteroatoms. The van der Waals surface area contributed by atoms with Crippen LogP contribution in [0.1, 0.15) is 40.5 Å². The number of ether oxygens (including phenoxy) is 1. The summed E-state index contributed by atoms with van der Waals surface area (Å²) >= 11 is 0. The summed E-state index contributed by atoms with van der Waals surface area (Å²) in [5, 5.41) is 0. The second-order valence-corrected chi connectivity index (χ2v) is 4.11. The van der Waals surface area contributed by atoms with Crippen LogP contribution in [-0.4, -0.2) is 12.6 Å². The highest BCUT2D eigenvalue weighted by Crippen LogP contribution is 2.15. The lowest BCUT2D eigenvalue weighted by Crippen LogP contribution is -2.03. The SMILES string of the molecule is CCOC(=O)CC/C=C\C(C)(C)C. The first kappa shape index (κ1) is 12.2. The van der Waals surface area contributed by atoms with Gasteiger partial charge >= 0.3 is 5.97 Å². The average Bonchev–Trinajstić information content (AvgIpc) is 1.97. The zero-order valence-corrected chi connectivity index (χ0v) is 9.09. The standard InChI is InChI=1S/C11H20O2/c1-5-13-10(12)8-6-7-9-11(2,3)4/h7,9H,5-6,8H2,1-4H3/b9-7-. The molecule has 0 heterocycles. The Hall–Kier alpha value is -0.790. The second-order valence-electron chi connectivity index (χ2n) is 4.11. The number of rotatable bonds is 4. The largest absolute Gasteiger partial charge is 0.466 e. The van der Waals surface area contributed by atoms with Gasteiger partial charge < -0.3 is 4.74 Å². The fourth-order valence-corrected chi connectivity index (χ4v) is 0.871. The Morgan fingerprint density at radius 3 is 2.46 bits per heavy atom. The van der Waals surface area contributed by atoms with Gasteiger partial charge in [-0.1, -0.05) is 32.9 Å². The van der Waals surface area contributed by atoms with E-state index in [1.807, 2.05) is 13.0 Å². The number of hydrogen-bond donors (Lipinski definition) is 0. The molecule has 0 spiro atoms. The summed E-state index contributed by atoms with van der Waals surface area (Å²) < 4.78 is 4.80. The van der Waals surface area contributed by atoms with Gasteiger partial charge in [-0.3, -0.25) is 4.79 Å². The molecular weight excluding hydrogens is 164 g/mol. The van der Waals surface area contributed by atoms with Crippen LogP contribution in [0.3, 0.4) is 0 Å². The van der Waals surface area contributed by atoms with E-state index in [0.717, 1.165) is 6.42 Å². The molecule has 0 atom stereocenters. The van der Waals surface area contributed by atoms with E-state index in [9.17, 15) is 4.79 Å². The third-order valence-electron chi connectivity index (χ3n) is 1.44. The van der Waals surface area contributed by atoms with Gasteiger partial charge in [0.05, 0.1) is 6.61 Å². The van der Waals surface area contributed by atoms with Crippen LogP contribution in [0.25, 0.3) is 0 Å². The Labute approximate surface area is 81.0 Å². The van der Waals surface area contributed by atoms with Crippen LogP contribution in [0.2, 0.25) is 0 Å². The van der Waals surface area contributed by atoms with Crippen LogP contribution >= 0.6 is 0 Å². The number of carbonyl (C=O) groups is 1. The monoisotopic (exact) mass is 184 g/mol. The Kier molecular flexibility index (Phi) is 5.44. The molecule has 76 valence electrons. The van der Waals surface area contributed by atoms with Crippen LogP contribution in [-0.2, 0) is 9.53 Å². The molecule has 0 aromatic heterocycles. The van der Waals surface area contributed by atoms with E-state index in [1.165, 1.54) is 0 Å². The third kappa shape index (κ3) is 9.12. The second kappa shape index (κ2) is 5.79. The topological polar surface area (TPSA) is 26.3 Å². The summed E-state index contributed by atoms with van der Waals surface area (Å²) in [7, 11) is 0. The highest BCUT2D eigenvalue weighted by molar-refractivity contribution is 5.69. The smallest absolute Gasteiger partial charge is 0.306 e. The fourth-order valence-electron chi connectivity index (χ4n) is 0.871. The highest BCUT2D eigenvalue weighted by Gasteiger charge is 2.03. The molecule has 0 saturated carbocycles. The van der Waals surface area contributed by atoms with E-state index in [4.69, 9.17) is 4.74 Å². The third-order valence-corrected chi connectivity index (χ3v) is 1.44. The number of hydrogen-bond acceptors (Lipinski definition) is 2. The molecule has 0 unspecified atom stereocenters. The molecular formula is C11H20O2. The van der Waals surface area contributed by atoms with Gasteiger partial charge in [0.25, 0.3) is 0 Å². The Morgan fingerprint density at radius 2 is 2.00 bits per heavy atom. The zero-order valence-electron chi connectivity index (χ0n) is 9.09. The van der Waals surface area contributed by atoms with E-state index < -0.39 is 0 Å². The minimum absolute atomic E-state index is 0.110. The molecule has 0 radical (unpaired) electrons. The molecule has 0 bridgehead atoms. The molecule has 0 aliphatic carbocycles. The van der Waals surface area contributed by atoms with Crippen molar-refractivity contribution >= 4 is 5.97 Å². The van der Waals surface area contributed by atoms with Crippen molar-refractivity contribution in [3.8, 4) is 0 Å². The molecule has 0 N–H and O–H groups in total. The van der Waals surface area contributed by atoms with Crippen molar-refractivity contribution in [2.75, 3.05) is 6.61 Å². The predicted octanol–water partition coefficient (Wildman–Crippen LogP) is 2.93. The molecule has 0 aromatic carbocycles. The van der Waals surface area contributed by atoms with Gasteiger partial charge in [0, 0.05) is 6.42 Å². The van der Waals surface area contributed by atoms with Gasteiger partial charge in [0.1, 0.15) is 0 Å². The molecule has 2 nitrogen and oxygen atoms in total. The summed E-state index contributed by atoms with van der Waals surface area (Å²) in [6.07, 6.45) is 5.42. The van der Waals surface area contributed by atoms with E-state index in [-0.39, 0.29) is 11.4 Å². The van der Waals surface area contributed by atoms with Gasteiger partial charge in [-0.15, -0.1) is 0 Å². The normalized spacial score (nSPS) is 12.0. The van der Waals surface area contributed by atoms with Crippen molar-refractivity contribution in [2.45, 2.75) is 40.5 Å².